The highest BCUT2D eigenvalue weighted by Gasteiger charge is 2.22. The normalized spacial score (nSPS) is 11.9. The summed E-state index contributed by atoms with van der Waals surface area (Å²) < 4.78 is 0. The molecule has 0 atom stereocenters. The molecular weight excluding hydrogens is 256 g/mol. The Kier molecular flexibility index (Phi) is 3.72. The van der Waals surface area contributed by atoms with E-state index in [1.165, 1.54) is 20.1 Å². The van der Waals surface area contributed by atoms with Crippen molar-refractivity contribution in [2.24, 2.45) is 5.10 Å². The summed E-state index contributed by atoms with van der Waals surface area (Å²) in [5.74, 6) is -0.543. The third-order valence-corrected chi connectivity index (χ3v) is 2.86. The Bertz CT molecular complexity index is 672. The molecule has 104 valence electrons. The number of aliphatic hydroxyl groups is 1. The minimum absolute atomic E-state index is 0.0740. The molecule has 5 nitrogen and oxygen atoms in total. The fourth-order valence-corrected chi connectivity index (χ4v) is 1.71. The number of nitrogens with zero attached hydrogens (tertiary/aromatic N) is 1. The van der Waals surface area contributed by atoms with Gasteiger partial charge in [0.15, 0.2) is 0 Å². The van der Waals surface area contributed by atoms with Gasteiger partial charge in [-0.15, -0.1) is 0 Å². The fraction of sp³-hybridized carbons (Fsp3) is 0.200. The quantitative estimate of drug-likeness (QED) is 0.588. The van der Waals surface area contributed by atoms with Crippen molar-refractivity contribution in [2.75, 3.05) is 0 Å². The minimum atomic E-state index is -1.50. The fourth-order valence-electron chi connectivity index (χ4n) is 1.71. The molecule has 0 unspecified atom stereocenters. The van der Waals surface area contributed by atoms with Crippen LogP contribution < -0.4 is 5.43 Å². The molecule has 1 amide bonds. The van der Waals surface area contributed by atoms with Gasteiger partial charge in [-0.25, -0.2) is 5.43 Å². The Hall–Kier alpha value is -2.40. The highest BCUT2D eigenvalue weighted by Crippen LogP contribution is 2.25. The summed E-state index contributed by atoms with van der Waals surface area (Å²) in [4.78, 5) is 11.5. The standard InChI is InChI=1S/C15H16N2O3/c1-15(2,20)14(19)17-16-9-12-11-6-4-3-5-10(11)7-8-13(12)18/h3-9,18,20H,1-2H3,(H,17,19)/b16-9-. The maximum absolute atomic E-state index is 11.5. The van der Waals surface area contributed by atoms with Crippen LogP contribution in [0.25, 0.3) is 10.8 Å². The number of benzene rings is 2. The zero-order valence-electron chi connectivity index (χ0n) is 11.3. The Morgan fingerprint density at radius 3 is 2.65 bits per heavy atom. The van der Waals surface area contributed by atoms with Gasteiger partial charge in [0.1, 0.15) is 11.4 Å². The van der Waals surface area contributed by atoms with Crippen LogP contribution in [0, 0.1) is 0 Å². The van der Waals surface area contributed by atoms with Gasteiger partial charge in [0.25, 0.3) is 5.91 Å². The Morgan fingerprint density at radius 2 is 1.95 bits per heavy atom. The van der Waals surface area contributed by atoms with Crippen molar-refractivity contribution >= 4 is 22.9 Å². The monoisotopic (exact) mass is 272 g/mol. The van der Waals surface area contributed by atoms with E-state index < -0.39 is 11.5 Å². The van der Waals surface area contributed by atoms with Gasteiger partial charge in [0, 0.05) is 5.56 Å². The van der Waals surface area contributed by atoms with Gasteiger partial charge in [-0.2, -0.15) is 5.10 Å². The molecule has 0 radical (unpaired) electrons. The number of carbonyl (C=O) groups excluding carboxylic acids is 1. The first-order chi connectivity index (χ1) is 9.39. The molecule has 2 aromatic rings. The van der Waals surface area contributed by atoms with Gasteiger partial charge in [0.05, 0.1) is 6.21 Å². The van der Waals surface area contributed by atoms with Crippen molar-refractivity contribution in [1.29, 1.82) is 0 Å². The Balaban J connectivity index is 2.30. The lowest BCUT2D eigenvalue weighted by Gasteiger charge is -2.13. The van der Waals surface area contributed by atoms with Crippen LogP contribution >= 0.6 is 0 Å². The van der Waals surface area contributed by atoms with Gasteiger partial charge in [0.2, 0.25) is 0 Å². The number of phenolic OH excluding ortho intramolecular Hbond substituents is 1. The minimum Gasteiger partial charge on any atom is -0.507 e. The molecular formula is C15H16N2O3. The number of phenols is 1. The number of aromatic hydroxyl groups is 1. The topological polar surface area (TPSA) is 81.9 Å². The van der Waals surface area contributed by atoms with Crippen LogP contribution in [0.4, 0.5) is 0 Å². The number of hydrogen-bond acceptors (Lipinski definition) is 4. The van der Waals surface area contributed by atoms with E-state index in [0.29, 0.717) is 5.56 Å². The van der Waals surface area contributed by atoms with Crippen LogP contribution in [-0.2, 0) is 4.79 Å². The zero-order valence-corrected chi connectivity index (χ0v) is 11.3. The number of amides is 1. The van der Waals surface area contributed by atoms with Crippen LogP contribution in [0.2, 0.25) is 0 Å². The molecule has 0 aliphatic rings. The molecule has 0 bridgehead atoms. The largest absolute Gasteiger partial charge is 0.507 e. The highest BCUT2D eigenvalue weighted by atomic mass is 16.3. The van der Waals surface area contributed by atoms with Crippen LogP contribution in [-0.4, -0.2) is 27.9 Å². The Labute approximate surface area is 116 Å². The van der Waals surface area contributed by atoms with Gasteiger partial charge < -0.3 is 10.2 Å². The van der Waals surface area contributed by atoms with Gasteiger partial charge in [-0.3, -0.25) is 4.79 Å². The SMILES string of the molecule is CC(C)(O)C(=O)N/N=C\c1c(O)ccc2ccccc12. The van der Waals surface area contributed by atoms with Crippen molar-refractivity contribution in [3.63, 3.8) is 0 Å². The predicted octanol–water partition coefficient (Wildman–Crippen LogP) is 1.77. The highest BCUT2D eigenvalue weighted by molar-refractivity contribution is 6.02. The summed E-state index contributed by atoms with van der Waals surface area (Å²) in [6.07, 6.45) is 1.36. The number of rotatable bonds is 3. The van der Waals surface area contributed by atoms with Crippen molar-refractivity contribution in [3.05, 3.63) is 42.0 Å². The average molecular weight is 272 g/mol. The van der Waals surface area contributed by atoms with Crippen molar-refractivity contribution in [3.8, 4) is 5.75 Å². The third kappa shape index (κ3) is 2.95. The number of hydrogen-bond donors (Lipinski definition) is 3. The summed E-state index contributed by atoms with van der Waals surface area (Å²) in [5, 5.41) is 24.9. The molecule has 0 aliphatic heterocycles. The second-order valence-corrected chi connectivity index (χ2v) is 4.98. The summed E-state index contributed by atoms with van der Waals surface area (Å²) in [6.45, 7) is 2.74. The van der Waals surface area contributed by atoms with Crippen LogP contribution in [0.1, 0.15) is 19.4 Å². The molecule has 0 fully saturated rings. The summed E-state index contributed by atoms with van der Waals surface area (Å²) in [6, 6.07) is 10.9. The molecule has 0 aliphatic carbocycles. The predicted molar refractivity (Wildman–Crippen MR) is 77.6 cm³/mol. The van der Waals surface area contributed by atoms with E-state index in [4.69, 9.17) is 0 Å². The van der Waals surface area contributed by atoms with Crippen LogP contribution in [0.3, 0.4) is 0 Å². The molecule has 5 heteroatoms. The van der Waals surface area contributed by atoms with Gasteiger partial charge >= 0.3 is 0 Å². The molecule has 0 saturated heterocycles. The number of nitrogens with one attached hydrogen (secondary N) is 1. The van der Waals surface area contributed by atoms with Crippen molar-refractivity contribution in [1.82, 2.24) is 5.43 Å². The molecule has 20 heavy (non-hydrogen) atoms. The van der Waals surface area contributed by atoms with Crippen molar-refractivity contribution < 1.29 is 15.0 Å². The Morgan fingerprint density at radius 1 is 1.25 bits per heavy atom. The summed E-state index contributed by atoms with van der Waals surface area (Å²) in [7, 11) is 0. The lowest BCUT2D eigenvalue weighted by molar-refractivity contribution is -0.136. The number of fused-ring (bicyclic) bond motifs is 1. The molecule has 0 spiro atoms. The second kappa shape index (κ2) is 5.30. The van der Waals surface area contributed by atoms with Crippen LogP contribution in [0.15, 0.2) is 41.5 Å². The number of carbonyl (C=O) groups is 1. The zero-order chi connectivity index (χ0) is 14.8. The third-order valence-electron chi connectivity index (χ3n) is 2.86. The first-order valence-electron chi connectivity index (χ1n) is 6.16. The van der Waals surface area contributed by atoms with Gasteiger partial charge in [-0.1, -0.05) is 30.3 Å². The van der Waals surface area contributed by atoms with Crippen molar-refractivity contribution in [2.45, 2.75) is 19.4 Å². The lowest BCUT2D eigenvalue weighted by Crippen LogP contribution is -2.39. The molecule has 0 saturated carbocycles. The first kappa shape index (κ1) is 14.0. The lowest BCUT2D eigenvalue weighted by atomic mass is 10.0. The van der Waals surface area contributed by atoms with E-state index in [1.807, 2.05) is 24.3 Å². The molecule has 2 aromatic carbocycles. The second-order valence-electron chi connectivity index (χ2n) is 4.98. The summed E-state index contributed by atoms with van der Waals surface area (Å²) in [5.41, 5.74) is 1.24. The maximum atomic E-state index is 11.5. The van der Waals surface area contributed by atoms with E-state index in [2.05, 4.69) is 10.5 Å². The smallest absolute Gasteiger partial charge is 0.271 e. The average Bonchev–Trinajstić information content (AvgIpc) is 2.40. The molecule has 0 aromatic heterocycles. The van der Waals surface area contributed by atoms with E-state index in [-0.39, 0.29) is 5.75 Å². The molecule has 3 N–H and O–H groups in total. The van der Waals surface area contributed by atoms with E-state index in [0.717, 1.165) is 10.8 Å². The van der Waals surface area contributed by atoms with Gasteiger partial charge in [-0.05, 0) is 30.7 Å². The van der Waals surface area contributed by atoms with E-state index >= 15 is 0 Å². The van der Waals surface area contributed by atoms with E-state index in [1.54, 1.807) is 12.1 Å². The number of hydrazone groups is 1. The first-order valence-corrected chi connectivity index (χ1v) is 6.16. The molecule has 0 heterocycles. The maximum Gasteiger partial charge on any atom is 0.271 e. The molecule has 2 rings (SSSR count). The summed E-state index contributed by atoms with van der Waals surface area (Å²) >= 11 is 0. The van der Waals surface area contributed by atoms with Crippen LogP contribution in [0.5, 0.6) is 5.75 Å². The van der Waals surface area contributed by atoms with E-state index in [9.17, 15) is 15.0 Å².